The highest BCUT2D eigenvalue weighted by Gasteiger charge is 2.44. The molecular weight excluding hydrogens is 588 g/mol. The van der Waals surface area contributed by atoms with Gasteiger partial charge in [-0.3, -0.25) is 14.5 Å². The average molecular weight is 647 g/mol. The van der Waals surface area contributed by atoms with E-state index < -0.39 is 23.5 Å². The third kappa shape index (κ3) is 11.4. The van der Waals surface area contributed by atoms with Crippen LogP contribution in [0.3, 0.4) is 0 Å². The van der Waals surface area contributed by atoms with E-state index in [4.69, 9.17) is 23.9 Å². The Labute approximate surface area is 276 Å². The van der Waals surface area contributed by atoms with Gasteiger partial charge >= 0.3 is 6.09 Å². The normalized spacial score (nSPS) is 19.2. The first kappa shape index (κ1) is 37.5. The lowest BCUT2D eigenvalue weighted by Gasteiger charge is -2.39. The zero-order chi connectivity index (χ0) is 34.0. The molecule has 3 atom stereocenters. The lowest BCUT2D eigenvalue weighted by Crippen LogP contribution is -2.55. The van der Waals surface area contributed by atoms with Crippen molar-refractivity contribution in [3.8, 4) is 5.75 Å². The molecule has 46 heavy (non-hydrogen) atoms. The Balaban J connectivity index is 1.90. The molecule has 1 aliphatic carbocycles. The van der Waals surface area contributed by atoms with Gasteiger partial charge in [-0.25, -0.2) is 9.78 Å². The van der Waals surface area contributed by atoms with Crippen LogP contribution in [0.15, 0.2) is 12.3 Å². The summed E-state index contributed by atoms with van der Waals surface area (Å²) in [5, 5.41) is 3.16. The molecule has 1 aliphatic heterocycles. The Bertz CT molecular complexity index is 1150. The van der Waals surface area contributed by atoms with E-state index in [0.717, 1.165) is 31.2 Å². The zero-order valence-corrected chi connectivity index (χ0v) is 29.6. The third-order valence-electron chi connectivity index (χ3n) is 8.10. The van der Waals surface area contributed by atoms with Crippen LogP contribution in [0.5, 0.6) is 5.75 Å². The largest absolute Gasteiger partial charge is 0.493 e. The van der Waals surface area contributed by atoms with Gasteiger partial charge in [-0.1, -0.05) is 27.7 Å². The first-order valence-corrected chi connectivity index (χ1v) is 17.0. The molecule has 0 spiro atoms. The highest BCUT2D eigenvalue weighted by atomic mass is 16.6. The fourth-order valence-corrected chi connectivity index (χ4v) is 5.78. The standard InChI is InChI=1S/C35H58N4O7/c1-10-44-22-27(16-23(2)3)37-32(40)25-17-26(21-38(20-25)34(42)46-35(6,7)8)33(41)39(28-12-13-28)31-18-30(45-15-11-14-43-9)29(19-36-31)24(4)5/h18-19,23-28H,10-17,20-22H2,1-9H3,(H,37,40)/t25-,26+,27+/m0/s1. The van der Waals surface area contributed by atoms with E-state index in [1.54, 1.807) is 18.2 Å². The molecule has 11 nitrogen and oxygen atoms in total. The number of aromatic nitrogens is 1. The van der Waals surface area contributed by atoms with Gasteiger partial charge < -0.3 is 29.2 Å². The van der Waals surface area contributed by atoms with Gasteiger partial charge in [0.25, 0.3) is 0 Å². The second kappa shape index (κ2) is 17.3. The van der Waals surface area contributed by atoms with Crippen molar-refractivity contribution >= 4 is 23.7 Å². The quantitative estimate of drug-likeness (QED) is 0.232. The smallest absolute Gasteiger partial charge is 0.410 e. The summed E-state index contributed by atoms with van der Waals surface area (Å²) in [6.45, 7) is 18.1. The van der Waals surface area contributed by atoms with E-state index in [-0.39, 0.29) is 42.9 Å². The van der Waals surface area contributed by atoms with Crippen LogP contribution in [0.25, 0.3) is 0 Å². The maximum atomic E-state index is 14.4. The topological polar surface area (TPSA) is 120 Å². The average Bonchev–Trinajstić information content (AvgIpc) is 3.82. The van der Waals surface area contributed by atoms with Crippen LogP contribution in [-0.4, -0.2) is 92.1 Å². The molecule has 3 amide bonds. The number of amides is 3. The number of likely N-dealkylation sites (tertiary alicyclic amines) is 1. The van der Waals surface area contributed by atoms with Gasteiger partial charge in [-0.2, -0.15) is 0 Å². The molecule has 1 saturated carbocycles. The van der Waals surface area contributed by atoms with Crippen LogP contribution in [0.4, 0.5) is 10.6 Å². The van der Waals surface area contributed by atoms with Crippen molar-refractivity contribution in [2.24, 2.45) is 17.8 Å². The van der Waals surface area contributed by atoms with E-state index in [1.807, 2.05) is 33.8 Å². The molecule has 1 saturated heterocycles. The van der Waals surface area contributed by atoms with E-state index >= 15 is 0 Å². The predicted molar refractivity (Wildman–Crippen MR) is 178 cm³/mol. The van der Waals surface area contributed by atoms with Crippen LogP contribution in [0.2, 0.25) is 0 Å². The molecule has 11 heteroatoms. The molecule has 2 aliphatic rings. The first-order valence-electron chi connectivity index (χ1n) is 17.0. The molecule has 0 unspecified atom stereocenters. The summed E-state index contributed by atoms with van der Waals surface area (Å²) < 4.78 is 22.7. The van der Waals surface area contributed by atoms with Crippen LogP contribution >= 0.6 is 0 Å². The van der Waals surface area contributed by atoms with E-state index in [0.29, 0.717) is 50.3 Å². The number of ether oxygens (including phenoxy) is 4. The molecule has 1 N–H and O–H groups in total. The second-order valence-corrected chi connectivity index (χ2v) is 14.4. The Morgan fingerprint density at radius 1 is 1.09 bits per heavy atom. The SMILES string of the molecule is CCOC[C@@H](CC(C)C)NC(=O)[C@H]1C[C@@H](C(=O)N(c2cc(OCCCOC)c(C(C)C)cn2)C2CC2)CN(C(=O)OC(C)(C)C)C1. The minimum absolute atomic E-state index is 0.0111. The number of methoxy groups -OCH3 is 1. The number of nitrogens with one attached hydrogen (secondary N) is 1. The van der Waals surface area contributed by atoms with Crippen molar-refractivity contribution in [2.75, 3.05) is 51.5 Å². The lowest BCUT2D eigenvalue weighted by atomic mass is 9.87. The third-order valence-corrected chi connectivity index (χ3v) is 8.10. The summed E-state index contributed by atoms with van der Waals surface area (Å²) in [5.41, 5.74) is 0.255. The van der Waals surface area contributed by atoms with Crippen molar-refractivity contribution in [1.29, 1.82) is 0 Å². The summed E-state index contributed by atoms with van der Waals surface area (Å²) in [4.78, 5) is 49.5. The van der Waals surface area contributed by atoms with Gasteiger partial charge in [0.05, 0.1) is 31.1 Å². The van der Waals surface area contributed by atoms with E-state index in [2.05, 4.69) is 33.0 Å². The van der Waals surface area contributed by atoms with Crippen molar-refractivity contribution in [3.05, 3.63) is 17.8 Å². The number of pyridine rings is 1. The van der Waals surface area contributed by atoms with Crippen molar-refractivity contribution in [1.82, 2.24) is 15.2 Å². The molecule has 2 heterocycles. The molecule has 1 aromatic heterocycles. The number of hydrogen-bond acceptors (Lipinski definition) is 8. The fourth-order valence-electron chi connectivity index (χ4n) is 5.78. The van der Waals surface area contributed by atoms with E-state index in [9.17, 15) is 14.4 Å². The Morgan fingerprint density at radius 3 is 2.37 bits per heavy atom. The first-order chi connectivity index (χ1) is 21.7. The summed E-state index contributed by atoms with van der Waals surface area (Å²) in [6, 6.07) is 1.71. The maximum Gasteiger partial charge on any atom is 0.410 e. The zero-order valence-electron chi connectivity index (χ0n) is 29.6. The number of hydrogen-bond donors (Lipinski definition) is 1. The maximum absolute atomic E-state index is 14.4. The predicted octanol–water partition coefficient (Wildman–Crippen LogP) is 5.56. The number of piperidine rings is 1. The lowest BCUT2D eigenvalue weighted by molar-refractivity contribution is -0.131. The molecular formula is C35H58N4O7. The van der Waals surface area contributed by atoms with Crippen molar-refractivity contribution in [2.45, 2.75) is 111 Å². The number of carbonyl (C=O) groups is 3. The highest BCUT2D eigenvalue weighted by molar-refractivity contribution is 5.96. The molecule has 260 valence electrons. The van der Waals surface area contributed by atoms with Crippen LogP contribution in [0, 0.1) is 17.8 Å². The Kier molecular flexibility index (Phi) is 14.1. The molecule has 0 bridgehead atoms. The highest BCUT2D eigenvalue weighted by Crippen LogP contribution is 2.37. The van der Waals surface area contributed by atoms with Gasteiger partial charge in [0, 0.05) is 63.7 Å². The van der Waals surface area contributed by atoms with Crippen LogP contribution in [0.1, 0.15) is 99.0 Å². The van der Waals surface area contributed by atoms with Gasteiger partial charge in [0.1, 0.15) is 17.2 Å². The van der Waals surface area contributed by atoms with Gasteiger partial charge in [0.2, 0.25) is 11.8 Å². The summed E-state index contributed by atoms with van der Waals surface area (Å²) >= 11 is 0. The van der Waals surface area contributed by atoms with Crippen molar-refractivity contribution in [3.63, 3.8) is 0 Å². The number of rotatable bonds is 16. The minimum Gasteiger partial charge on any atom is -0.493 e. The summed E-state index contributed by atoms with van der Waals surface area (Å²) in [7, 11) is 1.66. The van der Waals surface area contributed by atoms with Gasteiger partial charge in [0.15, 0.2) is 0 Å². The van der Waals surface area contributed by atoms with Crippen LogP contribution < -0.4 is 15.0 Å². The van der Waals surface area contributed by atoms with Gasteiger partial charge in [-0.05, 0) is 65.2 Å². The number of anilines is 1. The fraction of sp³-hybridized carbons (Fsp3) is 0.771. The summed E-state index contributed by atoms with van der Waals surface area (Å²) in [5.74, 6) is 0.275. The molecule has 0 aromatic carbocycles. The molecule has 1 aromatic rings. The van der Waals surface area contributed by atoms with Crippen LogP contribution in [-0.2, 0) is 23.8 Å². The minimum atomic E-state index is -0.715. The van der Waals surface area contributed by atoms with Crippen molar-refractivity contribution < 1.29 is 33.3 Å². The number of nitrogens with zero attached hydrogens (tertiary/aromatic N) is 3. The monoisotopic (exact) mass is 646 g/mol. The van der Waals surface area contributed by atoms with E-state index in [1.165, 1.54) is 4.90 Å². The Hall–Kier alpha value is -2.92. The summed E-state index contributed by atoms with van der Waals surface area (Å²) in [6.07, 6.45) is 4.83. The molecule has 2 fully saturated rings. The Morgan fingerprint density at radius 2 is 1.78 bits per heavy atom. The number of carbonyl (C=O) groups excluding carboxylic acids is 3. The molecule has 3 rings (SSSR count). The molecule has 0 radical (unpaired) electrons. The second-order valence-electron chi connectivity index (χ2n) is 14.4. The van der Waals surface area contributed by atoms with Gasteiger partial charge in [-0.15, -0.1) is 0 Å².